The maximum atomic E-state index is 13.8. The zero-order valence-electron chi connectivity index (χ0n) is 15.4. The molecule has 1 amide bonds. The van der Waals surface area contributed by atoms with Crippen LogP contribution in [0.3, 0.4) is 0 Å². The van der Waals surface area contributed by atoms with E-state index in [4.69, 9.17) is 0 Å². The number of nitrogens with one attached hydrogen (secondary N) is 1. The third-order valence-corrected chi connectivity index (χ3v) is 6.08. The first-order valence-electron chi connectivity index (χ1n) is 9.07. The summed E-state index contributed by atoms with van der Waals surface area (Å²) >= 11 is 1.34. The molecule has 1 atom stereocenters. The van der Waals surface area contributed by atoms with Gasteiger partial charge in [0.1, 0.15) is 5.82 Å². The van der Waals surface area contributed by atoms with Gasteiger partial charge in [0, 0.05) is 30.8 Å². The monoisotopic (exact) mass is 423 g/mol. The molecule has 0 bridgehead atoms. The summed E-state index contributed by atoms with van der Waals surface area (Å²) < 4.78 is 54.7. The molecule has 152 valence electrons. The van der Waals surface area contributed by atoms with Crippen LogP contribution < -0.4 is 5.32 Å². The van der Waals surface area contributed by atoms with Gasteiger partial charge in [0.15, 0.2) is 22.6 Å². The molecule has 0 spiro atoms. The number of rotatable bonds is 4. The van der Waals surface area contributed by atoms with Crippen LogP contribution in [0.1, 0.15) is 22.3 Å². The van der Waals surface area contributed by atoms with Gasteiger partial charge < -0.3 is 10.2 Å². The number of likely N-dealkylation sites (tertiary alicyclic amines) is 1. The quantitative estimate of drug-likeness (QED) is 0.487. The number of hydrogen-bond acceptors (Lipinski definition) is 4. The largest absolute Gasteiger partial charge is 0.361 e. The molecular formula is C20H17F4N3OS. The lowest BCUT2D eigenvalue weighted by Crippen LogP contribution is -2.30. The standard InChI is InChI=1S/C20H17F4N3OS/c1-10-13(7-14(22)18(24)17(10)23)19(28)27-5-4-11(9-27)8-25-20-26-15-3-2-12(21)6-16(15)29-20/h2-3,6-7,11H,4-5,8-9H2,1H3,(H,25,26). The number of benzene rings is 2. The Morgan fingerprint density at radius 2 is 2.03 bits per heavy atom. The number of anilines is 1. The molecule has 1 N–H and O–H groups in total. The molecule has 1 unspecified atom stereocenters. The van der Waals surface area contributed by atoms with E-state index >= 15 is 0 Å². The summed E-state index contributed by atoms with van der Waals surface area (Å²) in [5, 5.41) is 3.87. The van der Waals surface area contributed by atoms with Crippen molar-refractivity contribution in [1.82, 2.24) is 9.88 Å². The first-order valence-corrected chi connectivity index (χ1v) is 9.88. The van der Waals surface area contributed by atoms with Gasteiger partial charge in [-0.3, -0.25) is 4.79 Å². The molecule has 0 radical (unpaired) electrons. The van der Waals surface area contributed by atoms with Crippen molar-refractivity contribution in [2.24, 2.45) is 5.92 Å². The Balaban J connectivity index is 1.40. The molecule has 2 aromatic carbocycles. The third-order valence-electron chi connectivity index (χ3n) is 5.10. The third kappa shape index (κ3) is 3.78. The molecular weight excluding hydrogens is 406 g/mol. The van der Waals surface area contributed by atoms with Gasteiger partial charge in [-0.1, -0.05) is 11.3 Å². The molecule has 1 aliphatic heterocycles. The number of nitrogens with zero attached hydrogens (tertiary/aromatic N) is 2. The van der Waals surface area contributed by atoms with Crippen molar-refractivity contribution in [2.75, 3.05) is 25.0 Å². The predicted molar refractivity (Wildman–Crippen MR) is 103 cm³/mol. The Morgan fingerprint density at radius 1 is 1.24 bits per heavy atom. The number of carbonyl (C=O) groups is 1. The van der Waals surface area contributed by atoms with Crippen LogP contribution in [0.25, 0.3) is 10.2 Å². The van der Waals surface area contributed by atoms with E-state index < -0.39 is 23.4 Å². The molecule has 1 fully saturated rings. The second-order valence-corrected chi connectivity index (χ2v) is 8.11. The van der Waals surface area contributed by atoms with E-state index in [9.17, 15) is 22.4 Å². The number of hydrogen-bond donors (Lipinski definition) is 1. The van der Waals surface area contributed by atoms with Gasteiger partial charge in [-0.2, -0.15) is 0 Å². The smallest absolute Gasteiger partial charge is 0.254 e. The van der Waals surface area contributed by atoms with Crippen molar-refractivity contribution in [1.29, 1.82) is 0 Å². The SMILES string of the molecule is Cc1c(C(=O)N2CCC(CNc3nc4ccc(F)cc4s3)C2)cc(F)c(F)c1F. The molecule has 4 nitrogen and oxygen atoms in total. The van der Waals surface area contributed by atoms with Crippen LogP contribution in [0.5, 0.6) is 0 Å². The molecule has 1 aliphatic rings. The summed E-state index contributed by atoms with van der Waals surface area (Å²) in [5.74, 6) is -4.99. The minimum Gasteiger partial charge on any atom is -0.361 e. The van der Waals surface area contributed by atoms with Crippen molar-refractivity contribution < 1.29 is 22.4 Å². The summed E-state index contributed by atoms with van der Waals surface area (Å²) in [6.45, 7) is 2.66. The van der Waals surface area contributed by atoms with Crippen molar-refractivity contribution in [3.63, 3.8) is 0 Å². The van der Waals surface area contributed by atoms with Gasteiger partial charge in [-0.05, 0) is 43.5 Å². The number of halogens is 4. The Labute approximate surface area is 168 Å². The highest BCUT2D eigenvalue weighted by molar-refractivity contribution is 7.22. The maximum Gasteiger partial charge on any atom is 0.254 e. The van der Waals surface area contributed by atoms with Gasteiger partial charge in [0.25, 0.3) is 5.91 Å². The summed E-state index contributed by atoms with van der Waals surface area (Å²) in [5.41, 5.74) is 0.346. The lowest BCUT2D eigenvalue weighted by molar-refractivity contribution is 0.0785. The van der Waals surface area contributed by atoms with Gasteiger partial charge in [-0.15, -0.1) is 0 Å². The number of aromatic nitrogens is 1. The topological polar surface area (TPSA) is 45.2 Å². The Kier molecular flexibility index (Phi) is 5.16. The van der Waals surface area contributed by atoms with Crippen LogP contribution in [-0.2, 0) is 0 Å². The van der Waals surface area contributed by atoms with Crippen molar-refractivity contribution in [2.45, 2.75) is 13.3 Å². The van der Waals surface area contributed by atoms with E-state index in [2.05, 4.69) is 10.3 Å². The summed E-state index contributed by atoms with van der Waals surface area (Å²) in [6, 6.07) is 5.15. The molecule has 3 aromatic rings. The van der Waals surface area contributed by atoms with Gasteiger partial charge in [-0.25, -0.2) is 22.5 Å². The Bertz CT molecular complexity index is 1100. The number of thiazole rings is 1. The minimum atomic E-state index is -1.57. The second kappa shape index (κ2) is 7.62. The van der Waals surface area contributed by atoms with E-state index in [1.165, 1.54) is 35.3 Å². The average molecular weight is 423 g/mol. The Morgan fingerprint density at radius 3 is 2.83 bits per heavy atom. The summed E-state index contributed by atoms with van der Waals surface area (Å²) in [6.07, 6.45) is 0.712. The highest BCUT2D eigenvalue weighted by atomic mass is 32.1. The molecule has 29 heavy (non-hydrogen) atoms. The van der Waals surface area contributed by atoms with E-state index in [0.717, 1.165) is 10.8 Å². The van der Waals surface area contributed by atoms with Crippen molar-refractivity contribution in [3.05, 3.63) is 58.7 Å². The number of fused-ring (bicyclic) bond motifs is 1. The van der Waals surface area contributed by atoms with Crippen LogP contribution >= 0.6 is 11.3 Å². The van der Waals surface area contributed by atoms with Crippen LogP contribution in [0.2, 0.25) is 0 Å². The molecule has 0 saturated carbocycles. The molecule has 2 heterocycles. The van der Waals surface area contributed by atoms with E-state index in [0.29, 0.717) is 36.7 Å². The second-order valence-electron chi connectivity index (χ2n) is 7.08. The molecule has 1 saturated heterocycles. The van der Waals surface area contributed by atoms with Crippen LogP contribution in [0, 0.1) is 36.1 Å². The molecule has 9 heteroatoms. The summed E-state index contributed by atoms with van der Waals surface area (Å²) in [4.78, 5) is 18.6. The first kappa shape index (κ1) is 19.6. The minimum absolute atomic E-state index is 0.123. The zero-order chi connectivity index (χ0) is 20.7. The van der Waals surface area contributed by atoms with Gasteiger partial charge in [0.05, 0.1) is 10.2 Å². The van der Waals surface area contributed by atoms with E-state index in [1.807, 2.05) is 0 Å². The normalized spacial score (nSPS) is 16.6. The van der Waals surface area contributed by atoms with E-state index in [1.54, 1.807) is 6.07 Å². The van der Waals surface area contributed by atoms with Gasteiger partial charge >= 0.3 is 0 Å². The Hall–Kier alpha value is -2.68. The van der Waals surface area contributed by atoms with Crippen LogP contribution in [0.15, 0.2) is 24.3 Å². The lowest BCUT2D eigenvalue weighted by atomic mass is 10.1. The highest BCUT2D eigenvalue weighted by Gasteiger charge is 2.29. The number of amides is 1. The van der Waals surface area contributed by atoms with Crippen molar-refractivity contribution >= 4 is 32.6 Å². The predicted octanol–water partition coefficient (Wildman–Crippen LogP) is 4.74. The maximum absolute atomic E-state index is 13.8. The molecule has 1 aromatic heterocycles. The fourth-order valence-electron chi connectivity index (χ4n) is 3.47. The zero-order valence-corrected chi connectivity index (χ0v) is 16.3. The average Bonchev–Trinajstić information content (AvgIpc) is 3.33. The summed E-state index contributed by atoms with van der Waals surface area (Å²) in [7, 11) is 0. The van der Waals surface area contributed by atoms with Crippen molar-refractivity contribution in [3.8, 4) is 0 Å². The lowest BCUT2D eigenvalue weighted by Gasteiger charge is -2.18. The molecule has 4 rings (SSSR count). The van der Waals surface area contributed by atoms with Crippen LogP contribution in [0.4, 0.5) is 22.7 Å². The van der Waals surface area contributed by atoms with Crippen LogP contribution in [-0.4, -0.2) is 35.4 Å². The van der Waals surface area contributed by atoms with Gasteiger partial charge in [0.2, 0.25) is 0 Å². The fraction of sp³-hybridized carbons (Fsp3) is 0.300. The number of carbonyl (C=O) groups excluding carboxylic acids is 1. The molecule has 0 aliphatic carbocycles. The highest BCUT2D eigenvalue weighted by Crippen LogP contribution is 2.28. The first-order chi connectivity index (χ1) is 13.8. The van der Waals surface area contributed by atoms with E-state index in [-0.39, 0.29) is 22.9 Å². The fourth-order valence-corrected chi connectivity index (χ4v) is 4.37.